The van der Waals surface area contributed by atoms with Crippen molar-refractivity contribution >= 4 is 16.7 Å². The lowest BCUT2D eigenvalue weighted by Gasteiger charge is -2.26. The number of hydrogen-bond acceptors (Lipinski definition) is 3. The molecule has 0 amide bonds. The van der Waals surface area contributed by atoms with E-state index in [2.05, 4.69) is 10.2 Å². The Morgan fingerprint density at radius 2 is 2.10 bits per heavy atom. The Bertz CT molecular complexity index is 644. The molecule has 106 valence electrons. The van der Waals surface area contributed by atoms with Crippen LogP contribution in [0.1, 0.15) is 10.4 Å². The molecule has 1 aliphatic heterocycles. The van der Waals surface area contributed by atoms with Crippen LogP contribution in [0.4, 0.5) is 4.39 Å². The normalized spacial score (nSPS) is 16.7. The topological polar surface area (TPSA) is 37.3 Å². The van der Waals surface area contributed by atoms with Crippen LogP contribution >= 0.6 is 0 Å². The van der Waals surface area contributed by atoms with E-state index >= 15 is 0 Å². The number of ketones is 1. The summed E-state index contributed by atoms with van der Waals surface area (Å²) < 4.78 is 15.3. The van der Waals surface area contributed by atoms with E-state index in [1.807, 2.05) is 11.6 Å². The van der Waals surface area contributed by atoms with Crippen molar-refractivity contribution < 1.29 is 9.18 Å². The first-order valence-corrected chi connectivity index (χ1v) is 6.86. The van der Waals surface area contributed by atoms with Crippen LogP contribution in [0.15, 0.2) is 24.4 Å². The van der Waals surface area contributed by atoms with Gasteiger partial charge in [0.15, 0.2) is 5.78 Å². The second-order valence-corrected chi connectivity index (χ2v) is 5.26. The molecule has 0 radical (unpaired) electrons. The summed E-state index contributed by atoms with van der Waals surface area (Å²) in [6.07, 6.45) is 1.80. The number of rotatable bonds is 3. The fourth-order valence-electron chi connectivity index (χ4n) is 2.74. The average Bonchev–Trinajstić information content (AvgIpc) is 2.77. The maximum atomic E-state index is 13.4. The highest BCUT2D eigenvalue weighted by Gasteiger charge is 2.18. The van der Waals surface area contributed by atoms with E-state index in [1.54, 1.807) is 12.3 Å². The molecule has 1 aliphatic rings. The van der Waals surface area contributed by atoms with Gasteiger partial charge in [-0.2, -0.15) is 0 Å². The van der Waals surface area contributed by atoms with E-state index < -0.39 is 0 Å². The lowest BCUT2D eigenvalue weighted by atomic mass is 10.1. The van der Waals surface area contributed by atoms with Crippen molar-refractivity contribution in [2.45, 2.75) is 0 Å². The highest BCUT2D eigenvalue weighted by molar-refractivity contribution is 6.09. The van der Waals surface area contributed by atoms with E-state index in [-0.39, 0.29) is 11.6 Å². The average molecular weight is 275 g/mol. The van der Waals surface area contributed by atoms with E-state index in [0.29, 0.717) is 17.5 Å². The number of benzene rings is 1. The number of carbonyl (C=O) groups is 1. The van der Waals surface area contributed by atoms with Crippen molar-refractivity contribution in [1.29, 1.82) is 0 Å². The second-order valence-electron chi connectivity index (χ2n) is 5.26. The number of carbonyl (C=O) groups excluding carboxylic acids is 1. The third kappa shape index (κ3) is 2.46. The molecule has 2 heterocycles. The molecule has 5 heteroatoms. The molecule has 0 aliphatic carbocycles. The van der Waals surface area contributed by atoms with Crippen molar-refractivity contribution in [2.75, 3.05) is 32.7 Å². The number of Topliss-reactive ketones (excluding diaryl/α,β-unsaturated/α-hetero) is 1. The maximum absolute atomic E-state index is 13.4. The van der Waals surface area contributed by atoms with Crippen LogP contribution in [0.25, 0.3) is 10.9 Å². The maximum Gasteiger partial charge on any atom is 0.178 e. The first-order valence-electron chi connectivity index (χ1n) is 6.86. The third-order valence-electron chi connectivity index (χ3n) is 3.83. The molecule has 2 aromatic rings. The van der Waals surface area contributed by atoms with Gasteiger partial charge < -0.3 is 9.88 Å². The van der Waals surface area contributed by atoms with Crippen LogP contribution in [0.3, 0.4) is 0 Å². The largest absolute Gasteiger partial charge is 0.350 e. The summed E-state index contributed by atoms with van der Waals surface area (Å²) in [5.74, 6) is -0.247. The van der Waals surface area contributed by atoms with Gasteiger partial charge >= 0.3 is 0 Å². The number of nitrogens with zero attached hydrogens (tertiary/aromatic N) is 2. The highest BCUT2D eigenvalue weighted by Crippen LogP contribution is 2.22. The van der Waals surface area contributed by atoms with Gasteiger partial charge in [-0.3, -0.25) is 9.69 Å². The van der Waals surface area contributed by atoms with Crippen molar-refractivity contribution in [2.24, 2.45) is 7.05 Å². The number of hydrogen-bond donors (Lipinski definition) is 1. The van der Waals surface area contributed by atoms with Crippen LogP contribution < -0.4 is 5.32 Å². The van der Waals surface area contributed by atoms with Gasteiger partial charge in [0, 0.05) is 55.9 Å². The molecule has 1 aromatic heterocycles. The molecule has 0 spiro atoms. The minimum Gasteiger partial charge on any atom is -0.350 e. The Morgan fingerprint density at radius 1 is 1.35 bits per heavy atom. The molecule has 0 saturated carbocycles. The van der Waals surface area contributed by atoms with Crippen molar-refractivity contribution in [3.05, 3.63) is 35.8 Å². The van der Waals surface area contributed by atoms with E-state index in [1.165, 1.54) is 12.1 Å². The molecule has 3 rings (SSSR count). The molecule has 1 saturated heterocycles. The Balaban J connectivity index is 1.89. The zero-order valence-corrected chi connectivity index (χ0v) is 11.5. The van der Waals surface area contributed by atoms with Crippen molar-refractivity contribution in [1.82, 2.24) is 14.8 Å². The number of piperazine rings is 1. The molecular formula is C15H18FN3O. The molecule has 1 fully saturated rings. The van der Waals surface area contributed by atoms with Gasteiger partial charge in [0.25, 0.3) is 0 Å². The summed E-state index contributed by atoms with van der Waals surface area (Å²) >= 11 is 0. The predicted octanol–water partition coefficient (Wildman–Crippen LogP) is 1.41. The Kier molecular flexibility index (Phi) is 3.54. The van der Waals surface area contributed by atoms with E-state index in [0.717, 1.165) is 31.7 Å². The van der Waals surface area contributed by atoms with Crippen LogP contribution in [-0.4, -0.2) is 48.0 Å². The molecule has 20 heavy (non-hydrogen) atoms. The van der Waals surface area contributed by atoms with Crippen molar-refractivity contribution in [3.8, 4) is 0 Å². The fraction of sp³-hybridized carbons (Fsp3) is 0.400. The zero-order chi connectivity index (χ0) is 14.1. The van der Waals surface area contributed by atoms with Gasteiger partial charge in [-0.15, -0.1) is 0 Å². The fourth-order valence-corrected chi connectivity index (χ4v) is 2.74. The van der Waals surface area contributed by atoms with Crippen LogP contribution in [0.5, 0.6) is 0 Å². The monoisotopic (exact) mass is 275 g/mol. The van der Waals surface area contributed by atoms with Gasteiger partial charge in [-0.05, 0) is 18.2 Å². The predicted molar refractivity (Wildman–Crippen MR) is 76.5 cm³/mol. The first-order chi connectivity index (χ1) is 9.65. The molecule has 4 nitrogen and oxygen atoms in total. The second kappa shape index (κ2) is 5.34. The molecular weight excluding hydrogens is 257 g/mol. The zero-order valence-electron chi connectivity index (χ0n) is 11.5. The smallest absolute Gasteiger partial charge is 0.178 e. The highest BCUT2D eigenvalue weighted by atomic mass is 19.1. The van der Waals surface area contributed by atoms with Gasteiger partial charge in [-0.25, -0.2) is 4.39 Å². The molecule has 0 unspecified atom stereocenters. The van der Waals surface area contributed by atoms with Gasteiger partial charge in [0.2, 0.25) is 0 Å². The SMILES string of the molecule is Cn1cc(C(=O)CN2CCNCC2)c2cc(F)ccc21. The standard InChI is InChI=1S/C15H18FN3O/c1-18-9-13(12-8-11(16)2-3-14(12)18)15(20)10-19-6-4-17-5-7-19/h2-3,8-9,17H,4-7,10H2,1H3. The summed E-state index contributed by atoms with van der Waals surface area (Å²) in [4.78, 5) is 14.6. The van der Waals surface area contributed by atoms with Gasteiger partial charge in [0.1, 0.15) is 5.82 Å². The number of nitrogens with one attached hydrogen (secondary N) is 1. The van der Waals surface area contributed by atoms with Crippen LogP contribution in [-0.2, 0) is 7.05 Å². The summed E-state index contributed by atoms with van der Waals surface area (Å²) in [6.45, 7) is 3.99. The van der Waals surface area contributed by atoms with Gasteiger partial charge in [-0.1, -0.05) is 0 Å². The van der Waals surface area contributed by atoms with E-state index in [9.17, 15) is 9.18 Å². The Labute approximate surface area is 117 Å². The summed E-state index contributed by atoms with van der Waals surface area (Å²) in [5.41, 5.74) is 1.50. The van der Waals surface area contributed by atoms with Gasteiger partial charge in [0.05, 0.1) is 6.54 Å². The lowest BCUT2D eigenvalue weighted by Crippen LogP contribution is -2.45. The Morgan fingerprint density at radius 3 is 2.85 bits per heavy atom. The lowest BCUT2D eigenvalue weighted by molar-refractivity contribution is 0.0923. The van der Waals surface area contributed by atoms with Crippen molar-refractivity contribution in [3.63, 3.8) is 0 Å². The third-order valence-corrected chi connectivity index (χ3v) is 3.83. The minimum absolute atomic E-state index is 0.0584. The summed E-state index contributed by atoms with van der Waals surface area (Å²) in [7, 11) is 1.88. The first kappa shape index (κ1) is 13.3. The molecule has 0 atom stereocenters. The number of halogens is 1. The van der Waals surface area contributed by atoms with Crippen LogP contribution in [0.2, 0.25) is 0 Å². The summed E-state index contributed by atoms with van der Waals surface area (Å²) in [6, 6.07) is 4.58. The Hall–Kier alpha value is -1.72. The number of aryl methyl sites for hydroxylation is 1. The molecule has 1 N–H and O–H groups in total. The summed E-state index contributed by atoms with van der Waals surface area (Å²) in [5, 5.41) is 3.96. The quantitative estimate of drug-likeness (QED) is 0.861. The van der Waals surface area contributed by atoms with E-state index in [4.69, 9.17) is 0 Å². The van der Waals surface area contributed by atoms with Crippen LogP contribution in [0, 0.1) is 5.82 Å². The number of aromatic nitrogens is 1. The number of fused-ring (bicyclic) bond motifs is 1. The molecule has 0 bridgehead atoms. The molecule has 1 aromatic carbocycles. The minimum atomic E-state index is -0.306.